The summed E-state index contributed by atoms with van der Waals surface area (Å²) in [5.74, 6) is 0.430. The van der Waals surface area contributed by atoms with Crippen molar-refractivity contribution in [3.63, 3.8) is 0 Å². The van der Waals surface area contributed by atoms with Gasteiger partial charge in [-0.25, -0.2) is 4.98 Å². The van der Waals surface area contributed by atoms with Gasteiger partial charge in [0.1, 0.15) is 6.20 Å². The van der Waals surface area contributed by atoms with Crippen LogP contribution in [0.25, 0.3) is 0 Å². The highest BCUT2D eigenvalue weighted by molar-refractivity contribution is 5.59. The van der Waals surface area contributed by atoms with Crippen LogP contribution in [0.3, 0.4) is 0 Å². The van der Waals surface area contributed by atoms with E-state index in [1.165, 1.54) is 6.20 Å². The molecule has 0 aliphatic heterocycles. The molecule has 7 nitrogen and oxygen atoms in total. The predicted octanol–water partition coefficient (Wildman–Crippen LogP) is 1.35. The lowest BCUT2D eigenvalue weighted by Gasteiger charge is -2.22. The molecular weight excluding hydrogens is 222 g/mol. The van der Waals surface area contributed by atoms with E-state index in [1.54, 1.807) is 0 Å². The van der Waals surface area contributed by atoms with Gasteiger partial charge in [-0.05, 0) is 19.3 Å². The van der Waals surface area contributed by atoms with E-state index in [-0.39, 0.29) is 11.6 Å². The summed E-state index contributed by atoms with van der Waals surface area (Å²) >= 11 is 0. The maximum absolute atomic E-state index is 10.9. The average Bonchev–Trinajstić information content (AvgIpc) is 3.09. The first kappa shape index (κ1) is 11.6. The first-order valence-corrected chi connectivity index (χ1v) is 5.67. The molecule has 1 aliphatic rings. The molecule has 0 aromatic carbocycles. The number of rotatable bonds is 5. The molecule has 2 rings (SSSR count). The van der Waals surface area contributed by atoms with Crippen LogP contribution in [-0.4, -0.2) is 27.5 Å². The third-order valence-electron chi connectivity index (χ3n) is 2.69. The second kappa shape index (κ2) is 4.52. The van der Waals surface area contributed by atoms with Crippen molar-refractivity contribution in [1.29, 1.82) is 0 Å². The molecule has 92 valence electrons. The van der Waals surface area contributed by atoms with Gasteiger partial charge in [0.05, 0.1) is 4.92 Å². The zero-order chi connectivity index (χ0) is 12.4. The van der Waals surface area contributed by atoms with Gasteiger partial charge in [-0.2, -0.15) is 4.98 Å². The van der Waals surface area contributed by atoms with Crippen molar-refractivity contribution in [1.82, 2.24) is 9.97 Å². The van der Waals surface area contributed by atoms with Crippen LogP contribution in [0.4, 0.5) is 17.5 Å². The highest BCUT2D eigenvalue weighted by atomic mass is 16.6. The maximum Gasteiger partial charge on any atom is 0.329 e. The fourth-order valence-corrected chi connectivity index (χ4v) is 1.81. The van der Waals surface area contributed by atoms with E-state index in [1.807, 2.05) is 11.8 Å². The monoisotopic (exact) mass is 237 g/mol. The highest BCUT2D eigenvalue weighted by Crippen LogP contribution is 2.35. The Kier molecular flexibility index (Phi) is 3.08. The molecule has 0 amide bonds. The van der Waals surface area contributed by atoms with Crippen LogP contribution in [0.1, 0.15) is 26.2 Å². The number of nitrogen functional groups attached to an aromatic ring is 1. The summed E-state index contributed by atoms with van der Waals surface area (Å²) in [6, 6.07) is 0.364. The van der Waals surface area contributed by atoms with Gasteiger partial charge in [-0.3, -0.25) is 10.1 Å². The molecule has 1 aromatic rings. The lowest BCUT2D eigenvalue weighted by atomic mass is 10.3. The molecule has 7 heteroatoms. The fourth-order valence-electron chi connectivity index (χ4n) is 1.81. The topological polar surface area (TPSA) is 98.2 Å². The summed E-state index contributed by atoms with van der Waals surface area (Å²) in [6.07, 6.45) is 4.21. The van der Waals surface area contributed by atoms with Crippen LogP contribution in [-0.2, 0) is 0 Å². The molecule has 0 saturated heterocycles. The van der Waals surface area contributed by atoms with E-state index in [0.717, 1.165) is 25.8 Å². The molecule has 0 bridgehead atoms. The van der Waals surface area contributed by atoms with Crippen molar-refractivity contribution in [3.05, 3.63) is 16.3 Å². The zero-order valence-electron chi connectivity index (χ0n) is 9.67. The quantitative estimate of drug-likeness (QED) is 0.613. The Bertz CT molecular complexity index is 433. The molecule has 17 heavy (non-hydrogen) atoms. The van der Waals surface area contributed by atoms with E-state index >= 15 is 0 Å². The molecule has 2 N–H and O–H groups in total. The minimum absolute atomic E-state index is 0.0699. The molecular formula is C10H15N5O2. The molecule has 1 aromatic heterocycles. The summed E-state index contributed by atoms with van der Waals surface area (Å²) in [4.78, 5) is 20.2. The first-order chi connectivity index (χ1) is 8.13. The van der Waals surface area contributed by atoms with E-state index in [9.17, 15) is 10.1 Å². The van der Waals surface area contributed by atoms with Crippen LogP contribution >= 0.6 is 0 Å². The largest absolute Gasteiger partial charge is 0.368 e. The van der Waals surface area contributed by atoms with Crippen LogP contribution in [0, 0.1) is 10.1 Å². The van der Waals surface area contributed by atoms with E-state index in [4.69, 9.17) is 5.73 Å². The molecule has 1 fully saturated rings. The van der Waals surface area contributed by atoms with Gasteiger partial charge in [0, 0.05) is 12.6 Å². The molecule has 1 heterocycles. The fraction of sp³-hybridized carbons (Fsp3) is 0.600. The minimum Gasteiger partial charge on any atom is -0.368 e. The lowest BCUT2D eigenvalue weighted by Crippen LogP contribution is -2.28. The summed E-state index contributed by atoms with van der Waals surface area (Å²) < 4.78 is 0. The number of nitrogens with two attached hydrogens (primary N) is 1. The SMILES string of the molecule is CCCN(c1nc(N)ncc1[N+](=O)[O-])C1CC1. The second-order valence-corrected chi connectivity index (χ2v) is 4.12. The van der Waals surface area contributed by atoms with Crippen molar-refractivity contribution in [2.75, 3.05) is 17.2 Å². The van der Waals surface area contributed by atoms with Gasteiger partial charge in [0.2, 0.25) is 11.8 Å². The Labute approximate surface area is 98.8 Å². The minimum atomic E-state index is -0.459. The molecule has 0 radical (unpaired) electrons. The van der Waals surface area contributed by atoms with Crippen LogP contribution in [0.5, 0.6) is 0 Å². The average molecular weight is 237 g/mol. The summed E-state index contributed by atoms with van der Waals surface area (Å²) in [5.41, 5.74) is 5.44. The summed E-state index contributed by atoms with van der Waals surface area (Å²) in [6.45, 7) is 2.79. The van der Waals surface area contributed by atoms with Crippen molar-refractivity contribution in [2.45, 2.75) is 32.2 Å². The number of hydrogen-bond donors (Lipinski definition) is 1. The van der Waals surface area contributed by atoms with E-state index in [2.05, 4.69) is 9.97 Å². The Morgan fingerprint density at radius 2 is 2.35 bits per heavy atom. The molecule has 0 atom stereocenters. The number of anilines is 2. The second-order valence-electron chi connectivity index (χ2n) is 4.12. The van der Waals surface area contributed by atoms with Crippen LogP contribution in [0.15, 0.2) is 6.20 Å². The Morgan fingerprint density at radius 1 is 1.65 bits per heavy atom. The summed E-state index contributed by atoms with van der Waals surface area (Å²) in [7, 11) is 0. The van der Waals surface area contributed by atoms with Crippen molar-refractivity contribution in [2.24, 2.45) is 0 Å². The normalized spacial score (nSPS) is 14.6. The molecule has 0 unspecified atom stereocenters. The molecule has 0 spiro atoms. The number of aromatic nitrogens is 2. The Balaban J connectivity index is 2.39. The van der Waals surface area contributed by atoms with Gasteiger partial charge < -0.3 is 10.6 Å². The zero-order valence-corrected chi connectivity index (χ0v) is 9.67. The van der Waals surface area contributed by atoms with Crippen molar-refractivity contribution < 1.29 is 4.92 Å². The Hall–Kier alpha value is -1.92. The lowest BCUT2D eigenvalue weighted by molar-refractivity contribution is -0.384. The number of nitro groups is 1. The van der Waals surface area contributed by atoms with Gasteiger partial charge in [0.15, 0.2) is 0 Å². The van der Waals surface area contributed by atoms with Gasteiger partial charge in [-0.15, -0.1) is 0 Å². The molecule has 1 saturated carbocycles. The van der Waals surface area contributed by atoms with E-state index in [0.29, 0.717) is 11.9 Å². The third kappa shape index (κ3) is 2.43. The number of nitrogens with zero attached hydrogens (tertiary/aromatic N) is 4. The van der Waals surface area contributed by atoms with Crippen LogP contribution < -0.4 is 10.6 Å². The third-order valence-corrected chi connectivity index (χ3v) is 2.69. The van der Waals surface area contributed by atoms with Gasteiger partial charge in [0.25, 0.3) is 0 Å². The standard InChI is InChI=1S/C10H15N5O2/c1-2-5-14(7-3-4-7)9-8(15(16)17)6-12-10(11)13-9/h6-7H,2-5H2,1H3,(H2,11,12,13). The van der Waals surface area contributed by atoms with Gasteiger partial charge >= 0.3 is 5.69 Å². The van der Waals surface area contributed by atoms with Crippen LogP contribution in [0.2, 0.25) is 0 Å². The highest BCUT2D eigenvalue weighted by Gasteiger charge is 2.33. The Morgan fingerprint density at radius 3 is 2.88 bits per heavy atom. The smallest absolute Gasteiger partial charge is 0.329 e. The predicted molar refractivity (Wildman–Crippen MR) is 63.8 cm³/mol. The van der Waals surface area contributed by atoms with Gasteiger partial charge in [-0.1, -0.05) is 6.92 Å². The maximum atomic E-state index is 10.9. The van der Waals surface area contributed by atoms with Crippen molar-refractivity contribution in [3.8, 4) is 0 Å². The number of hydrogen-bond acceptors (Lipinski definition) is 6. The van der Waals surface area contributed by atoms with Crippen molar-refractivity contribution >= 4 is 17.5 Å². The molecule has 1 aliphatic carbocycles. The first-order valence-electron chi connectivity index (χ1n) is 5.67. The van der Waals surface area contributed by atoms with E-state index < -0.39 is 4.92 Å². The summed E-state index contributed by atoms with van der Waals surface area (Å²) in [5, 5.41) is 10.9.